The standard InChI is InChI=1S/C19H20F3N3O4S/c1-14-3-2-4-15(11-14)13-23-7-9-24(10-8-23)17-6-5-16(12-18(17)25(26)27)30(28,29)19(20,21)22/h2-6,11-12H,7-10,13H2,1H3. The average Bonchev–Trinajstić information content (AvgIpc) is 2.67. The van der Waals surface area contributed by atoms with E-state index < -0.39 is 30.9 Å². The average molecular weight is 443 g/mol. The van der Waals surface area contributed by atoms with Gasteiger partial charge < -0.3 is 4.90 Å². The SMILES string of the molecule is Cc1cccc(CN2CCN(c3ccc(S(=O)(=O)C(F)(F)F)cc3[N+](=O)[O-])CC2)c1. The second-order valence-corrected chi connectivity index (χ2v) is 9.05. The molecule has 0 bridgehead atoms. The number of anilines is 1. The number of nitro benzene ring substituents is 1. The van der Waals surface area contributed by atoms with Gasteiger partial charge in [0.25, 0.3) is 15.5 Å². The minimum Gasteiger partial charge on any atom is -0.363 e. The zero-order chi connectivity index (χ0) is 22.1. The number of rotatable bonds is 5. The number of piperazine rings is 1. The van der Waals surface area contributed by atoms with Gasteiger partial charge in [-0.3, -0.25) is 15.0 Å². The van der Waals surface area contributed by atoms with Crippen molar-refractivity contribution in [2.24, 2.45) is 0 Å². The Kier molecular flexibility index (Phi) is 6.04. The Balaban J connectivity index is 1.77. The van der Waals surface area contributed by atoms with E-state index in [1.807, 2.05) is 25.1 Å². The second-order valence-electron chi connectivity index (χ2n) is 7.11. The minimum atomic E-state index is -5.66. The lowest BCUT2D eigenvalue weighted by atomic mass is 10.1. The van der Waals surface area contributed by atoms with E-state index in [1.54, 1.807) is 4.90 Å². The van der Waals surface area contributed by atoms with Gasteiger partial charge in [0.2, 0.25) is 0 Å². The second kappa shape index (κ2) is 8.23. The molecule has 0 spiro atoms. The van der Waals surface area contributed by atoms with Gasteiger partial charge in [-0.05, 0) is 24.6 Å². The molecule has 30 heavy (non-hydrogen) atoms. The summed E-state index contributed by atoms with van der Waals surface area (Å²) < 4.78 is 61.5. The molecule has 0 unspecified atom stereocenters. The molecule has 3 rings (SSSR count). The van der Waals surface area contributed by atoms with E-state index in [1.165, 1.54) is 0 Å². The number of nitrogens with zero attached hydrogens (tertiary/aromatic N) is 3. The van der Waals surface area contributed by atoms with Crippen LogP contribution in [0.1, 0.15) is 11.1 Å². The third-order valence-electron chi connectivity index (χ3n) is 4.96. The summed E-state index contributed by atoms with van der Waals surface area (Å²) in [6.45, 7) is 4.79. The molecule has 2 aromatic rings. The predicted octanol–water partition coefficient (Wildman–Crippen LogP) is 3.52. The molecule has 0 atom stereocenters. The van der Waals surface area contributed by atoms with Gasteiger partial charge in [0, 0.05) is 38.8 Å². The smallest absolute Gasteiger partial charge is 0.363 e. The lowest BCUT2D eigenvalue weighted by molar-refractivity contribution is -0.384. The first-order valence-electron chi connectivity index (χ1n) is 9.11. The maximum Gasteiger partial charge on any atom is 0.501 e. The molecule has 1 aliphatic rings. The van der Waals surface area contributed by atoms with Crippen molar-refractivity contribution in [1.82, 2.24) is 4.90 Å². The molecule has 1 aliphatic heterocycles. The molecule has 0 N–H and O–H groups in total. The first-order valence-corrected chi connectivity index (χ1v) is 10.6. The Bertz CT molecular complexity index is 1050. The van der Waals surface area contributed by atoms with Crippen LogP contribution in [0, 0.1) is 17.0 Å². The van der Waals surface area contributed by atoms with Crippen molar-refractivity contribution in [3.63, 3.8) is 0 Å². The molecule has 7 nitrogen and oxygen atoms in total. The molecular formula is C19H20F3N3O4S. The minimum absolute atomic E-state index is 0.108. The predicted molar refractivity (Wildman–Crippen MR) is 105 cm³/mol. The van der Waals surface area contributed by atoms with Crippen LogP contribution in [0.25, 0.3) is 0 Å². The van der Waals surface area contributed by atoms with E-state index in [0.717, 1.165) is 29.8 Å². The van der Waals surface area contributed by atoms with Crippen LogP contribution in [0.2, 0.25) is 0 Å². The van der Waals surface area contributed by atoms with Crippen molar-refractivity contribution in [2.75, 3.05) is 31.1 Å². The lowest BCUT2D eigenvalue weighted by Crippen LogP contribution is -2.46. The van der Waals surface area contributed by atoms with E-state index in [0.29, 0.717) is 32.2 Å². The molecule has 0 aromatic heterocycles. The van der Waals surface area contributed by atoms with Crippen LogP contribution < -0.4 is 4.90 Å². The van der Waals surface area contributed by atoms with Crippen molar-refractivity contribution >= 4 is 21.2 Å². The van der Waals surface area contributed by atoms with Crippen LogP contribution in [0.15, 0.2) is 47.4 Å². The number of benzene rings is 2. The molecule has 0 aliphatic carbocycles. The first kappa shape index (κ1) is 22.0. The number of sulfone groups is 1. The van der Waals surface area contributed by atoms with Crippen LogP contribution >= 0.6 is 0 Å². The number of nitro groups is 1. The number of alkyl halides is 3. The largest absolute Gasteiger partial charge is 0.501 e. The molecule has 1 heterocycles. The monoisotopic (exact) mass is 443 g/mol. The van der Waals surface area contributed by atoms with Crippen LogP contribution in [-0.2, 0) is 16.4 Å². The highest BCUT2D eigenvalue weighted by Gasteiger charge is 2.47. The van der Waals surface area contributed by atoms with Crippen molar-refractivity contribution in [1.29, 1.82) is 0 Å². The fourth-order valence-electron chi connectivity index (χ4n) is 3.43. The Morgan fingerprint density at radius 2 is 1.73 bits per heavy atom. The third kappa shape index (κ3) is 4.57. The summed E-state index contributed by atoms with van der Waals surface area (Å²) in [4.78, 5) is 13.3. The van der Waals surface area contributed by atoms with Gasteiger partial charge in [-0.15, -0.1) is 0 Å². The van der Waals surface area contributed by atoms with E-state index in [4.69, 9.17) is 0 Å². The summed E-state index contributed by atoms with van der Waals surface area (Å²) in [6, 6.07) is 10.4. The van der Waals surface area contributed by atoms with Crippen molar-refractivity contribution in [3.8, 4) is 0 Å². The van der Waals surface area contributed by atoms with Crippen molar-refractivity contribution in [2.45, 2.75) is 23.9 Å². The Labute approximate surface area is 171 Å². The third-order valence-corrected chi connectivity index (χ3v) is 6.44. The highest BCUT2D eigenvalue weighted by Crippen LogP contribution is 2.36. The summed E-state index contributed by atoms with van der Waals surface area (Å²) in [5.74, 6) is 0. The van der Waals surface area contributed by atoms with Gasteiger partial charge in [0.05, 0.1) is 9.82 Å². The molecule has 0 radical (unpaired) electrons. The van der Waals surface area contributed by atoms with Gasteiger partial charge in [-0.25, -0.2) is 8.42 Å². The molecule has 11 heteroatoms. The fourth-order valence-corrected chi connectivity index (χ4v) is 4.21. The Morgan fingerprint density at radius 1 is 1.07 bits per heavy atom. The normalized spacial score (nSPS) is 15.9. The summed E-state index contributed by atoms with van der Waals surface area (Å²) in [5, 5.41) is 11.4. The lowest BCUT2D eigenvalue weighted by Gasteiger charge is -2.35. The van der Waals surface area contributed by atoms with Crippen LogP contribution in [0.5, 0.6) is 0 Å². The van der Waals surface area contributed by atoms with E-state index in [9.17, 15) is 31.7 Å². The van der Waals surface area contributed by atoms with Crippen LogP contribution in [0.4, 0.5) is 24.5 Å². The quantitative estimate of drug-likeness (QED) is 0.519. The summed E-state index contributed by atoms with van der Waals surface area (Å²) in [6.07, 6.45) is 0. The van der Waals surface area contributed by atoms with E-state index in [2.05, 4.69) is 11.0 Å². The van der Waals surface area contributed by atoms with Crippen molar-refractivity contribution in [3.05, 3.63) is 63.7 Å². The zero-order valence-electron chi connectivity index (χ0n) is 16.1. The highest BCUT2D eigenvalue weighted by atomic mass is 32.2. The fraction of sp³-hybridized carbons (Fsp3) is 0.368. The molecule has 1 saturated heterocycles. The van der Waals surface area contributed by atoms with Gasteiger partial charge in [0.1, 0.15) is 5.69 Å². The Morgan fingerprint density at radius 3 is 2.30 bits per heavy atom. The maximum atomic E-state index is 12.8. The molecule has 0 saturated carbocycles. The van der Waals surface area contributed by atoms with Crippen LogP contribution in [0.3, 0.4) is 0 Å². The highest BCUT2D eigenvalue weighted by molar-refractivity contribution is 7.92. The van der Waals surface area contributed by atoms with Gasteiger partial charge in [-0.2, -0.15) is 13.2 Å². The topological polar surface area (TPSA) is 83.8 Å². The summed E-state index contributed by atoms with van der Waals surface area (Å²) in [7, 11) is -5.66. The summed E-state index contributed by atoms with van der Waals surface area (Å²) >= 11 is 0. The van der Waals surface area contributed by atoms with E-state index in [-0.39, 0.29) is 5.69 Å². The first-order chi connectivity index (χ1) is 14.0. The number of hydrogen-bond acceptors (Lipinski definition) is 6. The van der Waals surface area contributed by atoms with Crippen LogP contribution in [-0.4, -0.2) is 49.9 Å². The molecule has 0 amide bonds. The number of aryl methyl sites for hydroxylation is 1. The van der Waals surface area contributed by atoms with Crippen molar-refractivity contribution < 1.29 is 26.5 Å². The summed E-state index contributed by atoms with van der Waals surface area (Å²) in [5.41, 5.74) is -3.78. The molecule has 1 fully saturated rings. The molecular weight excluding hydrogens is 423 g/mol. The van der Waals surface area contributed by atoms with Gasteiger partial charge in [-0.1, -0.05) is 29.8 Å². The number of hydrogen-bond donors (Lipinski definition) is 0. The molecule has 162 valence electrons. The Hall–Kier alpha value is -2.66. The number of halogens is 3. The van der Waals surface area contributed by atoms with Gasteiger partial charge >= 0.3 is 5.51 Å². The zero-order valence-corrected chi connectivity index (χ0v) is 16.9. The van der Waals surface area contributed by atoms with E-state index >= 15 is 0 Å². The molecule has 2 aromatic carbocycles. The maximum absolute atomic E-state index is 12.8. The van der Waals surface area contributed by atoms with Gasteiger partial charge in [0.15, 0.2) is 0 Å².